The van der Waals surface area contributed by atoms with Crippen molar-refractivity contribution in [2.24, 2.45) is 5.92 Å². The van der Waals surface area contributed by atoms with Crippen molar-refractivity contribution in [3.05, 3.63) is 61.9 Å². The standard InChI is InChI=1S/C25H25ClN4O4S/c1-33-17-5-4-6-18-20(17)16-12-29(11-14(16)13-34-18)9-2-3-10-30-24(31)22-21(28-25(30)32)15-7-8-19(26)27-23(15)35-22/h4-8,14,16H,2-3,9-13H2,1H3,(H,28,32)/t14-,16+/m0/s1. The Morgan fingerprint density at radius 1 is 1.20 bits per heavy atom. The predicted octanol–water partition coefficient (Wildman–Crippen LogP) is 3.85. The molecule has 10 heteroatoms. The lowest BCUT2D eigenvalue weighted by Crippen LogP contribution is -2.34. The number of halogens is 1. The van der Waals surface area contributed by atoms with Gasteiger partial charge in [0.05, 0.1) is 19.2 Å². The fourth-order valence-electron chi connectivity index (χ4n) is 5.46. The fourth-order valence-corrected chi connectivity index (χ4v) is 6.73. The van der Waals surface area contributed by atoms with Crippen LogP contribution < -0.4 is 20.7 Å². The number of rotatable bonds is 6. The molecule has 0 aliphatic carbocycles. The van der Waals surface area contributed by atoms with Gasteiger partial charge in [-0.05, 0) is 43.7 Å². The van der Waals surface area contributed by atoms with E-state index in [0.29, 0.717) is 38.6 Å². The highest BCUT2D eigenvalue weighted by atomic mass is 35.5. The van der Waals surface area contributed by atoms with Gasteiger partial charge in [0.2, 0.25) is 0 Å². The number of fused-ring (bicyclic) bond motifs is 6. The lowest BCUT2D eigenvalue weighted by molar-refractivity contribution is 0.209. The van der Waals surface area contributed by atoms with Crippen LogP contribution in [0.15, 0.2) is 39.9 Å². The molecule has 3 aromatic heterocycles. The number of ether oxygens (including phenoxy) is 2. The summed E-state index contributed by atoms with van der Waals surface area (Å²) in [6.45, 7) is 3.96. The fraction of sp³-hybridized carbons (Fsp3) is 0.400. The number of benzene rings is 1. The number of hydrogen-bond acceptors (Lipinski definition) is 7. The van der Waals surface area contributed by atoms with Crippen molar-refractivity contribution in [3.63, 3.8) is 0 Å². The van der Waals surface area contributed by atoms with Crippen molar-refractivity contribution in [2.45, 2.75) is 25.3 Å². The quantitative estimate of drug-likeness (QED) is 0.312. The lowest BCUT2D eigenvalue weighted by atomic mass is 9.86. The Balaban J connectivity index is 1.13. The first-order valence-electron chi connectivity index (χ1n) is 11.8. The van der Waals surface area contributed by atoms with E-state index in [9.17, 15) is 9.59 Å². The zero-order valence-electron chi connectivity index (χ0n) is 19.3. The number of hydrogen-bond donors (Lipinski definition) is 1. The van der Waals surface area contributed by atoms with Gasteiger partial charge in [-0.3, -0.25) is 9.36 Å². The monoisotopic (exact) mass is 512 g/mol. The van der Waals surface area contributed by atoms with Gasteiger partial charge in [-0.25, -0.2) is 9.78 Å². The summed E-state index contributed by atoms with van der Waals surface area (Å²) in [6.07, 6.45) is 1.64. The molecule has 0 spiro atoms. The van der Waals surface area contributed by atoms with E-state index in [1.54, 1.807) is 19.2 Å². The number of unbranched alkanes of at least 4 members (excludes halogenated alkanes) is 1. The summed E-state index contributed by atoms with van der Waals surface area (Å²) >= 11 is 7.25. The maximum absolute atomic E-state index is 13.1. The molecular formula is C25H25ClN4O4S. The molecular weight excluding hydrogens is 488 g/mol. The van der Waals surface area contributed by atoms with Gasteiger partial charge in [0, 0.05) is 42.4 Å². The molecule has 5 heterocycles. The number of aromatic nitrogens is 3. The second kappa shape index (κ2) is 8.96. The number of pyridine rings is 1. The van der Waals surface area contributed by atoms with E-state index in [1.165, 1.54) is 21.5 Å². The molecule has 2 aliphatic heterocycles. The van der Waals surface area contributed by atoms with Gasteiger partial charge < -0.3 is 19.4 Å². The number of nitrogens with zero attached hydrogens (tertiary/aromatic N) is 3. The van der Waals surface area contributed by atoms with Gasteiger partial charge in [0.25, 0.3) is 5.56 Å². The molecule has 0 saturated carbocycles. The summed E-state index contributed by atoms with van der Waals surface area (Å²) in [4.78, 5) is 36.0. The minimum absolute atomic E-state index is 0.268. The first-order chi connectivity index (χ1) is 17.0. The molecule has 0 bridgehead atoms. The Morgan fingerprint density at radius 3 is 2.91 bits per heavy atom. The van der Waals surface area contributed by atoms with Crippen LogP contribution in [0.1, 0.15) is 24.3 Å². The predicted molar refractivity (Wildman–Crippen MR) is 137 cm³/mol. The van der Waals surface area contributed by atoms with Crippen LogP contribution in [-0.4, -0.2) is 52.8 Å². The van der Waals surface area contributed by atoms with Crippen molar-refractivity contribution >= 4 is 43.4 Å². The van der Waals surface area contributed by atoms with Crippen molar-refractivity contribution in [2.75, 3.05) is 33.4 Å². The van der Waals surface area contributed by atoms with E-state index in [1.807, 2.05) is 18.2 Å². The summed E-state index contributed by atoms with van der Waals surface area (Å²) in [7, 11) is 1.71. The normalized spacial score (nSPS) is 19.6. The van der Waals surface area contributed by atoms with Gasteiger partial charge in [-0.1, -0.05) is 17.7 Å². The van der Waals surface area contributed by atoms with Crippen LogP contribution in [0, 0.1) is 5.92 Å². The first-order valence-corrected chi connectivity index (χ1v) is 13.0. The van der Waals surface area contributed by atoms with E-state index in [4.69, 9.17) is 21.1 Å². The van der Waals surface area contributed by atoms with Gasteiger partial charge in [-0.2, -0.15) is 0 Å². The Kier molecular flexibility index (Phi) is 5.78. The van der Waals surface area contributed by atoms with Crippen LogP contribution in [0.5, 0.6) is 11.5 Å². The lowest BCUT2D eigenvalue weighted by Gasteiger charge is -2.29. The number of H-pyrrole nitrogens is 1. The third kappa shape index (κ3) is 3.91. The summed E-state index contributed by atoms with van der Waals surface area (Å²) in [6, 6.07) is 9.44. The van der Waals surface area contributed by atoms with Crippen LogP contribution in [0.25, 0.3) is 20.4 Å². The second-order valence-electron chi connectivity index (χ2n) is 9.20. The number of likely N-dealkylation sites (tertiary alicyclic amines) is 1. The minimum atomic E-state index is -0.384. The maximum Gasteiger partial charge on any atom is 0.328 e. The molecule has 4 aromatic rings. The van der Waals surface area contributed by atoms with Crippen molar-refractivity contribution < 1.29 is 9.47 Å². The SMILES string of the molecule is COc1cccc2c1[C@@H]1CN(CCCCn3c(=O)[nH]c4c(sc5nc(Cl)ccc54)c3=O)C[C@H]1CO2. The number of thiophene rings is 1. The van der Waals surface area contributed by atoms with Crippen LogP contribution in [-0.2, 0) is 6.54 Å². The van der Waals surface area contributed by atoms with E-state index in [2.05, 4.69) is 14.9 Å². The highest BCUT2D eigenvalue weighted by molar-refractivity contribution is 7.25. The molecule has 0 radical (unpaired) electrons. The van der Waals surface area contributed by atoms with Gasteiger partial charge in [0.15, 0.2) is 0 Å². The molecule has 1 N–H and O–H groups in total. The van der Waals surface area contributed by atoms with Crippen LogP contribution in [0.4, 0.5) is 0 Å². The van der Waals surface area contributed by atoms with Crippen LogP contribution in [0.3, 0.4) is 0 Å². The number of nitrogens with one attached hydrogen (secondary N) is 1. The van der Waals surface area contributed by atoms with Crippen molar-refractivity contribution in [3.8, 4) is 11.5 Å². The highest BCUT2D eigenvalue weighted by Gasteiger charge is 2.40. The Morgan fingerprint density at radius 2 is 2.06 bits per heavy atom. The average Bonchev–Trinajstić information content (AvgIpc) is 3.43. The summed E-state index contributed by atoms with van der Waals surface area (Å²) in [5.41, 5.74) is 1.07. The molecule has 6 rings (SSSR count). The van der Waals surface area contributed by atoms with Crippen molar-refractivity contribution in [1.29, 1.82) is 0 Å². The summed E-state index contributed by atoms with van der Waals surface area (Å²) in [5, 5.41) is 1.11. The molecule has 182 valence electrons. The molecule has 8 nitrogen and oxygen atoms in total. The van der Waals surface area contributed by atoms with Gasteiger partial charge in [0.1, 0.15) is 26.2 Å². The number of methoxy groups -OCH3 is 1. The zero-order valence-corrected chi connectivity index (χ0v) is 20.8. The average molecular weight is 513 g/mol. The smallest absolute Gasteiger partial charge is 0.328 e. The van der Waals surface area contributed by atoms with Crippen LogP contribution in [0.2, 0.25) is 5.15 Å². The molecule has 1 fully saturated rings. The van der Waals surface area contributed by atoms with Gasteiger partial charge in [-0.15, -0.1) is 11.3 Å². The Labute approximate surface area is 210 Å². The third-order valence-electron chi connectivity index (χ3n) is 7.13. The Bertz CT molecular complexity index is 1530. The third-order valence-corrected chi connectivity index (χ3v) is 8.43. The second-order valence-corrected chi connectivity index (χ2v) is 10.6. The maximum atomic E-state index is 13.1. The molecule has 0 amide bonds. The molecule has 35 heavy (non-hydrogen) atoms. The minimum Gasteiger partial charge on any atom is -0.496 e. The Hall–Kier alpha value is -2.88. The van der Waals surface area contributed by atoms with E-state index >= 15 is 0 Å². The molecule has 2 atom stereocenters. The molecule has 1 aromatic carbocycles. The molecule has 0 unspecified atom stereocenters. The summed E-state index contributed by atoms with van der Waals surface area (Å²) in [5.74, 6) is 2.67. The highest BCUT2D eigenvalue weighted by Crippen LogP contribution is 2.46. The molecule has 1 saturated heterocycles. The van der Waals surface area contributed by atoms with Crippen LogP contribution >= 0.6 is 22.9 Å². The zero-order chi connectivity index (χ0) is 24.1. The van der Waals surface area contributed by atoms with Crippen molar-refractivity contribution in [1.82, 2.24) is 19.4 Å². The van der Waals surface area contributed by atoms with E-state index < -0.39 is 0 Å². The largest absolute Gasteiger partial charge is 0.496 e. The molecule has 2 aliphatic rings. The summed E-state index contributed by atoms with van der Waals surface area (Å²) < 4.78 is 13.4. The van der Waals surface area contributed by atoms with E-state index in [0.717, 1.165) is 56.0 Å². The van der Waals surface area contributed by atoms with Gasteiger partial charge >= 0.3 is 5.69 Å². The topological polar surface area (TPSA) is 89.5 Å². The van der Waals surface area contributed by atoms with E-state index in [-0.39, 0.29) is 11.2 Å². The number of aromatic amines is 1. The first kappa shape index (κ1) is 22.6.